The number of amides is 1. The molecular weight excluding hydrogens is 317 g/mol. The van der Waals surface area contributed by atoms with Gasteiger partial charge in [0.2, 0.25) is 0 Å². The third kappa shape index (κ3) is 2.97. The van der Waals surface area contributed by atoms with Crippen LogP contribution in [0.1, 0.15) is 13.3 Å². The molecule has 0 unspecified atom stereocenters. The van der Waals surface area contributed by atoms with Crippen molar-refractivity contribution in [2.75, 3.05) is 12.4 Å². The van der Waals surface area contributed by atoms with Crippen LogP contribution in [0.25, 0.3) is 16.2 Å². The highest BCUT2D eigenvalue weighted by atomic mass is 32.1. The van der Waals surface area contributed by atoms with Gasteiger partial charge >= 0.3 is 0 Å². The lowest BCUT2D eigenvalue weighted by molar-refractivity contribution is -0.125. The number of ether oxygens (including phenoxy) is 1. The van der Waals surface area contributed by atoms with Gasteiger partial charge in [-0.05, 0) is 30.7 Å². The summed E-state index contributed by atoms with van der Waals surface area (Å²) in [6.45, 7) is 1.88. The molecule has 0 bridgehead atoms. The van der Waals surface area contributed by atoms with Crippen molar-refractivity contribution in [3.8, 4) is 11.3 Å². The lowest BCUT2D eigenvalue weighted by atomic mass is 10.1. The van der Waals surface area contributed by atoms with Gasteiger partial charge in [-0.25, -0.2) is 9.37 Å². The first-order valence-electron chi connectivity index (χ1n) is 7.19. The predicted molar refractivity (Wildman–Crippen MR) is 88.2 cm³/mol. The highest BCUT2D eigenvalue weighted by Crippen LogP contribution is 2.31. The van der Waals surface area contributed by atoms with Gasteiger partial charge in [0.1, 0.15) is 23.4 Å². The van der Waals surface area contributed by atoms with E-state index in [0.29, 0.717) is 17.9 Å². The maximum absolute atomic E-state index is 13.1. The predicted octanol–water partition coefficient (Wildman–Crippen LogP) is 3.57. The molecule has 1 atom stereocenters. The number of carbonyl (C=O) groups is 1. The first-order valence-corrected chi connectivity index (χ1v) is 8.07. The van der Waals surface area contributed by atoms with E-state index in [4.69, 9.17) is 4.74 Å². The first kappa shape index (κ1) is 15.6. The van der Waals surface area contributed by atoms with Crippen LogP contribution in [0.3, 0.4) is 0 Å². The van der Waals surface area contributed by atoms with Crippen LogP contribution in [0.2, 0.25) is 0 Å². The third-order valence-corrected chi connectivity index (χ3v) is 4.33. The molecule has 0 aliphatic rings. The number of anilines is 1. The van der Waals surface area contributed by atoms with Gasteiger partial charge in [0.05, 0.1) is 0 Å². The Bertz CT molecular complexity index is 822. The number of nitrogens with zero attached hydrogens (tertiary/aromatic N) is 2. The number of aromatic nitrogens is 2. The fraction of sp³-hybridized carbons (Fsp3) is 0.250. The van der Waals surface area contributed by atoms with Gasteiger partial charge in [-0.1, -0.05) is 6.92 Å². The van der Waals surface area contributed by atoms with Gasteiger partial charge in [0.15, 0.2) is 4.96 Å². The number of methoxy groups -OCH3 is 1. The summed E-state index contributed by atoms with van der Waals surface area (Å²) in [5, 5.41) is 4.77. The topological polar surface area (TPSA) is 55.6 Å². The molecule has 0 spiro atoms. The highest BCUT2D eigenvalue weighted by Gasteiger charge is 2.21. The van der Waals surface area contributed by atoms with E-state index in [2.05, 4.69) is 10.3 Å². The lowest BCUT2D eigenvalue weighted by Gasteiger charge is -2.13. The molecule has 2 heterocycles. The summed E-state index contributed by atoms with van der Waals surface area (Å²) in [5.74, 6) is 0.0190. The van der Waals surface area contributed by atoms with Crippen molar-refractivity contribution in [3.05, 3.63) is 41.7 Å². The molecule has 0 aliphatic carbocycles. The number of carbonyl (C=O) groups excluding carboxylic acids is 1. The highest BCUT2D eigenvalue weighted by molar-refractivity contribution is 7.15. The maximum atomic E-state index is 13.1. The van der Waals surface area contributed by atoms with E-state index in [-0.39, 0.29) is 11.7 Å². The molecule has 7 heteroatoms. The summed E-state index contributed by atoms with van der Waals surface area (Å²) in [6.07, 6.45) is 1.88. The zero-order chi connectivity index (χ0) is 16.4. The number of imidazole rings is 1. The van der Waals surface area contributed by atoms with E-state index in [0.717, 1.165) is 10.5 Å². The zero-order valence-corrected chi connectivity index (χ0v) is 13.6. The van der Waals surface area contributed by atoms with Gasteiger partial charge in [-0.3, -0.25) is 9.20 Å². The molecule has 0 aliphatic heterocycles. The van der Waals surface area contributed by atoms with Gasteiger partial charge in [0, 0.05) is 24.3 Å². The van der Waals surface area contributed by atoms with Crippen molar-refractivity contribution in [2.45, 2.75) is 19.4 Å². The molecule has 0 fully saturated rings. The Morgan fingerprint density at radius 1 is 1.43 bits per heavy atom. The maximum Gasteiger partial charge on any atom is 0.254 e. The average Bonchev–Trinajstić information content (AvgIpc) is 3.12. The molecule has 2 aromatic heterocycles. The summed E-state index contributed by atoms with van der Waals surface area (Å²) in [4.78, 5) is 17.6. The van der Waals surface area contributed by atoms with Crippen LogP contribution in [0.5, 0.6) is 0 Å². The van der Waals surface area contributed by atoms with Crippen LogP contribution in [0.15, 0.2) is 35.8 Å². The molecule has 3 aromatic rings. The van der Waals surface area contributed by atoms with Crippen LogP contribution in [0.4, 0.5) is 10.2 Å². The van der Waals surface area contributed by atoms with Crippen molar-refractivity contribution < 1.29 is 13.9 Å². The second-order valence-corrected chi connectivity index (χ2v) is 5.87. The summed E-state index contributed by atoms with van der Waals surface area (Å²) >= 11 is 1.46. The van der Waals surface area contributed by atoms with E-state index in [9.17, 15) is 9.18 Å². The minimum absolute atomic E-state index is 0.230. The monoisotopic (exact) mass is 333 g/mol. The van der Waals surface area contributed by atoms with Crippen LogP contribution in [-0.2, 0) is 9.53 Å². The number of fused-ring (bicyclic) bond motifs is 1. The molecule has 0 saturated carbocycles. The second-order valence-electron chi connectivity index (χ2n) is 4.99. The number of rotatable bonds is 5. The molecule has 1 amide bonds. The van der Waals surface area contributed by atoms with Crippen LogP contribution < -0.4 is 5.32 Å². The van der Waals surface area contributed by atoms with Crippen LogP contribution in [0, 0.1) is 5.82 Å². The molecule has 1 aromatic carbocycles. The van der Waals surface area contributed by atoms with Crippen molar-refractivity contribution in [1.82, 2.24) is 9.38 Å². The van der Waals surface area contributed by atoms with Gasteiger partial charge in [-0.2, -0.15) is 0 Å². The molecule has 1 N–H and O–H groups in total. The number of hydrogen-bond acceptors (Lipinski definition) is 4. The Morgan fingerprint density at radius 3 is 2.83 bits per heavy atom. The number of benzene rings is 1. The number of halogens is 1. The molecule has 120 valence electrons. The summed E-state index contributed by atoms with van der Waals surface area (Å²) < 4.78 is 20.1. The van der Waals surface area contributed by atoms with Crippen molar-refractivity contribution in [1.29, 1.82) is 0 Å². The molecular formula is C16H16FN3O2S. The summed E-state index contributed by atoms with van der Waals surface area (Å²) in [5.41, 5.74) is 1.35. The minimum Gasteiger partial charge on any atom is -0.372 e. The Morgan fingerprint density at radius 2 is 2.17 bits per heavy atom. The first-order chi connectivity index (χ1) is 11.1. The van der Waals surface area contributed by atoms with Gasteiger partial charge in [-0.15, -0.1) is 11.3 Å². The number of nitrogens with one attached hydrogen (secondary N) is 1. The quantitative estimate of drug-likeness (QED) is 0.777. The molecule has 0 saturated heterocycles. The number of thiazole rings is 1. The summed E-state index contributed by atoms with van der Waals surface area (Å²) in [7, 11) is 1.51. The smallest absolute Gasteiger partial charge is 0.254 e. The van der Waals surface area contributed by atoms with E-state index in [1.165, 1.54) is 30.6 Å². The zero-order valence-electron chi connectivity index (χ0n) is 12.7. The van der Waals surface area contributed by atoms with E-state index >= 15 is 0 Å². The van der Waals surface area contributed by atoms with E-state index < -0.39 is 6.10 Å². The number of hydrogen-bond donors (Lipinski definition) is 1. The van der Waals surface area contributed by atoms with Gasteiger partial charge in [0.25, 0.3) is 5.91 Å². The van der Waals surface area contributed by atoms with Crippen molar-refractivity contribution >= 4 is 28.0 Å². The van der Waals surface area contributed by atoms with E-state index in [1.54, 1.807) is 12.1 Å². The lowest BCUT2D eigenvalue weighted by Crippen LogP contribution is -2.29. The Labute approximate surface area is 136 Å². The van der Waals surface area contributed by atoms with Crippen molar-refractivity contribution in [3.63, 3.8) is 0 Å². The summed E-state index contributed by atoms with van der Waals surface area (Å²) in [6, 6.07) is 6.03. The fourth-order valence-electron chi connectivity index (χ4n) is 2.37. The van der Waals surface area contributed by atoms with E-state index in [1.807, 2.05) is 22.9 Å². The van der Waals surface area contributed by atoms with Gasteiger partial charge < -0.3 is 10.1 Å². The second kappa shape index (κ2) is 6.47. The standard InChI is InChI=1S/C16H16FN3O2S/c1-3-12(22-2)15(21)19-14-13(10-4-6-11(17)7-5-10)18-16-20(14)8-9-23-16/h4-9,12H,3H2,1-2H3,(H,19,21)/t12-/m1/s1. The molecule has 3 rings (SSSR count). The Hall–Kier alpha value is -2.25. The fourth-order valence-corrected chi connectivity index (χ4v) is 3.08. The van der Waals surface area contributed by atoms with Crippen molar-refractivity contribution in [2.24, 2.45) is 0 Å². The third-order valence-electron chi connectivity index (χ3n) is 3.57. The SMILES string of the molecule is CC[C@@H](OC)C(=O)Nc1c(-c2ccc(F)cc2)nc2sccn12. The minimum atomic E-state index is -0.528. The Balaban J connectivity index is 2.03. The normalized spacial score (nSPS) is 12.5. The molecule has 23 heavy (non-hydrogen) atoms. The average molecular weight is 333 g/mol. The Kier molecular flexibility index (Phi) is 4.40. The van der Waals surface area contributed by atoms with Crippen LogP contribution >= 0.6 is 11.3 Å². The van der Waals surface area contributed by atoms with Crippen LogP contribution in [-0.4, -0.2) is 28.5 Å². The molecule has 5 nitrogen and oxygen atoms in total. The largest absolute Gasteiger partial charge is 0.372 e. The molecule has 0 radical (unpaired) electrons.